The van der Waals surface area contributed by atoms with Gasteiger partial charge in [0.25, 0.3) is 0 Å². The zero-order chi connectivity index (χ0) is 23.2. The maximum absolute atomic E-state index is 13.6. The van der Waals surface area contributed by atoms with Crippen molar-refractivity contribution in [3.05, 3.63) is 53.7 Å². The van der Waals surface area contributed by atoms with Crippen LogP contribution in [0, 0.1) is 30.4 Å². The molecule has 3 aromatic rings. The van der Waals surface area contributed by atoms with Crippen LogP contribution in [0.15, 0.2) is 30.6 Å². The smallest absolute Gasteiger partial charge is 0.242 e. The third-order valence-corrected chi connectivity index (χ3v) is 7.18. The van der Waals surface area contributed by atoms with Crippen LogP contribution in [0.4, 0.5) is 20.5 Å². The highest BCUT2D eigenvalue weighted by molar-refractivity contribution is 5.41. The Morgan fingerprint density at radius 3 is 2.50 bits per heavy atom. The number of nitrogens with one attached hydrogen (secondary N) is 1. The lowest BCUT2D eigenvalue weighted by atomic mass is 9.92. The van der Waals surface area contributed by atoms with Gasteiger partial charge in [-0.1, -0.05) is 0 Å². The molecule has 2 aromatic heterocycles. The number of hydrogen-bond donors (Lipinski definition) is 1. The van der Waals surface area contributed by atoms with Crippen LogP contribution in [0.2, 0.25) is 0 Å². The Hall–Kier alpha value is -3.30. The third kappa shape index (κ3) is 4.05. The molecule has 4 heterocycles. The summed E-state index contributed by atoms with van der Waals surface area (Å²) < 4.78 is 35.0. The highest BCUT2D eigenvalue weighted by atomic mass is 19.1. The summed E-state index contributed by atoms with van der Waals surface area (Å²) in [6.07, 6.45) is 5.14. The topological polar surface area (TPSA) is 81.0 Å². The molecular weight excluding hydrogens is 440 g/mol. The van der Waals surface area contributed by atoms with Gasteiger partial charge in [0, 0.05) is 55.6 Å². The normalized spacial score (nSPS) is 25.8. The van der Waals surface area contributed by atoms with E-state index >= 15 is 0 Å². The van der Waals surface area contributed by atoms with Crippen LogP contribution in [-0.2, 0) is 6.54 Å². The van der Waals surface area contributed by atoms with Crippen LogP contribution < -0.4 is 15.0 Å². The Morgan fingerprint density at radius 1 is 1.00 bits per heavy atom. The molecular formula is C24H27F2N7O. The van der Waals surface area contributed by atoms with Crippen LogP contribution in [0.5, 0.6) is 5.75 Å². The molecule has 1 aromatic carbocycles. The van der Waals surface area contributed by atoms with Gasteiger partial charge < -0.3 is 15.0 Å². The fourth-order valence-electron chi connectivity index (χ4n) is 5.65. The van der Waals surface area contributed by atoms with Gasteiger partial charge >= 0.3 is 0 Å². The number of halogens is 2. The minimum absolute atomic E-state index is 0.166. The number of anilines is 2. The molecule has 0 amide bonds. The highest BCUT2D eigenvalue weighted by Gasteiger charge is 2.43. The molecule has 2 bridgehead atoms. The van der Waals surface area contributed by atoms with Gasteiger partial charge in [0.15, 0.2) is 11.9 Å². The average molecular weight is 468 g/mol. The third-order valence-electron chi connectivity index (χ3n) is 7.18. The summed E-state index contributed by atoms with van der Waals surface area (Å²) in [4.78, 5) is 15.8. The first-order valence-corrected chi connectivity index (χ1v) is 11.9. The Morgan fingerprint density at radius 2 is 1.76 bits per heavy atom. The van der Waals surface area contributed by atoms with E-state index in [1.165, 1.54) is 12.1 Å². The zero-order valence-corrected chi connectivity index (χ0v) is 19.0. The summed E-state index contributed by atoms with van der Waals surface area (Å²) >= 11 is 0. The lowest BCUT2D eigenvalue weighted by molar-refractivity contribution is 0.154. The fraction of sp³-hybridized carbons (Fsp3) is 0.500. The van der Waals surface area contributed by atoms with Crippen molar-refractivity contribution in [1.82, 2.24) is 24.7 Å². The number of aryl methyl sites for hydroxylation is 2. The number of rotatable bonds is 5. The average Bonchev–Trinajstić information content (AvgIpc) is 3.30. The fourth-order valence-corrected chi connectivity index (χ4v) is 5.65. The molecule has 2 aliphatic heterocycles. The number of benzene rings is 1. The van der Waals surface area contributed by atoms with Crippen molar-refractivity contribution in [2.24, 2.45) is 11.8 Å². The second-order valence-electron chi connectivity index (χ2n) is 9.56. The first-order valence-electron chi connectivity index (χ1n) is 11.9. The second kappa shape index (κ2) is 8.48. The van der Waals surface area contributed by atoms with Gasteiger partial charge in [-0.25, -0.2) is 23.4 Å². The van der Waals surface area contributed by atoms with Crippen molar-refractivity contribution in [3.8, 4) is 5.75 Å². The summed E-state index contributed by atoms with van der Waals surface area (Å²) in [5.41, 5.74) is 0.975. The minimum atomic E-state index is -0.659. The van der Waals surface area contributed by atoms with Crippen LogP contribution in [0.25, 0.3) is 0 Å². The number of ether oxygens (including phenoxy) is 1. The first-order chi connectivity index (χ1) is 16.5. The molecule has 1 saturated heterocycles. The summed E-state index contributed by atoms with van der Waals surface area (Å²) in [5, 5.41) is 8.30. The first kappa shape index (κ1) is 21.2. The van der Waals surface area contributed by atoms with Crippen molar-refractivity contribution in [1.29, 1.82) is 0 Å². The van der Waals surface area contributed by atoms with Crippen molar-refractivity contribution < 1.29 is 13.5 Å². The van der Waals surface area contributed by atoms with Crippen LogP contribution in [0.1, 0.15) is 43.3 Å². The maximum Gasteiger partial charge on any atom is 0.242 e. The van der Waals surface area contributed by atoms with Crippen molar-refractivity contribution in [2.75, 3.05) is 23.3 Å². The Kier molecular flexibility index (Phi) is 5.30. The molecule has 1 aliphatic carbocycles. The number of piperidine rings is 1. The number of hydrogen-bond acceptors (Lipinski definition) is 7. The highest BCUT2D eigenvalue weighted by Crippen LogP contribution is 2.40. The van der Waals surface area contributed by atoms with E-state index in [0.717, 1.165) is 62.9 Å². The van der Waals surface area contributed by atoms with Crippen LogP contribution >= 0.6 is 0 Å². The van der Waals surface area contributed by atoms with E-state index in [1.807, 2.05) is 17.7 Å². The van der Waals surface area contributed by atoms with E-state index in [-0.39, 0.29) is 5.75 Å². The summed E-state index contributed by atoms with van der Waals surface area (Å²) in [6.45, 7) is 4.62. The largest absolute Gasteiger partial charge is 0.482 e. The monoisotopic (exact) mass is 467 g/mol. The molecule has 6 rings (SSSR count). The van der Waals surface area contributed by atoms with Gasteiger partial charge in [-0.2, -0.15) is 4.98 Å². The van der Waals surface area contributed by atoms with E-state index in [2.05, 4.69) is 25.3 Å². The quantitative estimate of drug-likeness (QED) is 0.610. The molecule has 2 fully saturated rings. The van der Waals surface area contributed by atoms with Crippen LogP contribution in [0.3, 0.4) is 0 Å². The Bertz CT molecular complexity index is 1170. The summed E-state index contributed by atoms with van der Waals surface area (Å²) in [5.74, 6) is 2.10. The van der Waals surface area contributed by atoms with Gasteiger partial charge in [-0.15, -0.1) is 5.10 Å². The number of aromatic nitrogens is 5. The molecule has 3 aliphatic rings. The van der Waals surface area contributed by atoms with Gasteiger partial charge in [-0.3, -0.25) is 0 Å². The van der Waals surface area contributed by atoms with Crippen molar-refractivity contribution >= 4 is 11.8 Å². The Labute approximate surface area is 196 Å². The minimum Gasteiger partial charge on any atom is -0.482 e. The van der Waals surface area contributed by atoms with Gasteiger partial charge in [0.05, 0.1) is 0 Å². The molecule has 4 atom stereocenters. The predicted octanol–water partition coefficient (Wildman–Crippen LogP) is 3.90. The molecule has 0 spiro atoms. The van der Waals surface area contributed by atoms with Gasteiger partial charge in [-0.05, 0) is 44.4 Å². The number of fused-ring (bicyclic) bond motifs is 3. The molecule has 178 valence electrons. The molecule has 8 nitrogen and oxygen atoms in total. The number of nitrogens with zero attached hydrogens (tertiary/aromatic N) is 6. The lowest BCUT2D eigenvalue weighted by Gasteiger charge is -2.38. The molecule has 1 unspecified atom stereocenters. The second-order valence-corrected chi connectivity index (χ2v) is 9.56. The SMILES string of the molecule is Cc1cc(N2C[C@H]3CC[C@@H](C2)C3Nc2nc3n(n2)CCC[C@H]3Oc2cc(F)cc(F)c2)ncn1. The maximum atomic E-state index is 13.6. The van der Waals surface area contributed by atoms with Crippen molar-refractivity contribution in [3.63, 3.8) is 0 Å². The van der Waals surface area contributed by atoms with E-state index in [0.29, 0.717) is 29.7 Å². The summed E-state index contributed by atoms with van der Waals surface area (Å²) in [6, 6.07) is 5.58. The van der Waals surface area contributed by atoms with Crippen molar-refractivity contribution in [2.45, 2.75) is 51.3 Å². The molecule has 0 radical (unpaired) electrons. The lowest BCUT2D eigenvalue weighted by Crippen LogP contribution is -2.48. The predicted molar refractivity (Wildman–Crippen MR) is 122 cm³/mol. The van der Waals surface area contributed by atoms with E-state index in [4.69, 9.17) is 9.72 Å². The molecule has 34 heavy (non-hydrogen) atoms. The van der Waals surface area contributed by atoms with Gasteiger partial charge in [0.2, 0.25) is 5.95 Å². The Balaban J connectivity index is 1.17. The zero-order valence-electron chi connectivity index (χ0n) is 19.0. The molecule has 10 heteroatoms. The van der Waals surface area contributed by atoms with E-state index in [9.17, 15) is 8.78 Å². The van der Waals surface area contributed by atoms with Gasteiger partial charge in [0.1, 0.15) is 29.5 Å². The standard InChI is InChI=1S/C24H27F2N7O/c1-14-7-21(28-13-27-14)32-11-15-4-5-16(12-32)22(15)29-24-30-23-20(3-2-6-33(23)31-24)34-19-9-17(25)8-18(26)10-19/h7-10,13,15-16,20,22H,2-6,11-12H2,1H3,(H,29,31)/t15-,16+,20-,22?/m1/s1. The molecule has 1 saturated carbocycles. The molecule has 1 N–H and O–H groups in total. The van der Waals surface area contributed by atoms with E-state index < -0.39 is 17.7 Å². The summed E-state index contributed by atoms with van der Waals surface area (Å²) in [7, 11) is 0. The van der Waals surface area contributed by atoms with E-state index in [1.54, 1.807) is 6.33 Å². The van der Waals surface area contributed by atoms with Crippen LogP contribution in [-0.4, -0.2) is 43.9 Å².